The van der Waals surface area contributed by atoms with E-state index in [1.54, 1.807) is 26.2 Å². The van der Waals surface area contributed by atoms with Crippen LogP contribution in [0.5, 0.6) is 0 Å². The van der Waals surface area contributed by atoms with Gasteiger partial charge in [-0.3, -0.25) is 0 Å². The van der Waals surface area contributed by atoms with Crippen LogP contribution in [-0.2, 0) is 11.1 Å². The molecule has 0 bridgehead atoms. The number of aliphatic hydroxyl groups is 1. The molecule has 2 aromatic rings. The maximum absolute atomic E-state index is 9.52. The van der Waals surface area contributed by atoms with Gasteiger partial charge in [0.1, 0.15) is 17.4 Å². The highest BCUT2D eigenvalue weighted by Crippen LogP contribution is 2.24. The molecular weight excluding hydrogens is 544 g/mol. The van der Waals surface area contributed by atoms with Crippen LogP contribution in [0.1, 0.15) is 38.8 Å². The zero-order valence-corrected chi connectivity index (χ0v) is 22.9. The highest BCUT2D eigenvalue weighted by atomic mass is 79.9. The molecular formula is C19H28Br2N8OSi. The molecule has 0 saturated carbocycles. The van der Waals surface area contributed by atoms with Gasteiger partial charge in [-0.1, -0.05) is 50.7 Å². The first kappa shape index (κ1) is 29.1. The molecule has 9 nitrogen and oxygen atoms in total. The third-order valence-corrected chi connectivity index (χ3v) is 5.13. The number of hydrogen-bond acceptors (Lipinski definition) is 5. The van der Waals surface area contributed by atoms with Crippen molar-refractivity contribution in [1.82, 2.24) is 9.97 Å². The van der Waals surface area contributed by atoms with Gasteiger partial charge < -0.3 is 5.11 Å². The molecule has 2 rings (SSSR count). The van der Waals surface area contributed by atoms with Crippen LogP contribution in [0.15, 0.2) is 55.8 Å². The Bertz CT molecular complexity index is 910. The van der Waals surface area contributed by atoms with Gasteiger partial charge in [0, 0.05) is 22.9 Å². The van der Waals surface area contributed by atoms with Gasteiger partial charge in [0.05, 0.1) is 11.1 Å². The quantitative estimate of drug-likeness (QED) is 0.132. The zero-order chi connectivity index (χ0) is 24.3. The summed E-state index contributed by atoms with van der Waals surface area (Å²) in [4.78, 5) is 13.5. The van der Waals surface area contributed by atoms with Crippen molar-refractivity contribution in [3.63, 3.8) is 0 Å². The van der Waals surface area contributed by atoms with Gasteiger partial charge in [-0.05, 0) is 79.4 Å². The fourth-order valence-electron chi connectivity index (χ4n) is 1.78. The van der Waals surface area contributed by atoms with Crippen molar-refractivity contribution in [3.05, 3.63) is 77.9 Å². The van der Waals surface area contributed by atoms with Crippen molar-refractivity contribution in [1.29, 1.82) is 0 Å². The van der Waals surface area contributed by atoms with Crippen molar-refractivity contribution in [2.75, 3.05) is 0 Å². The smallest absolute Gasteiger partial charge is 0.146 e. The lowest BCUT2D eigenvalue weighted by Gasteiger charge is -2.17. The SMILES string of the molecule is CC(C)(N=[N+]=[N-])c1ccc(Br)nc1.CC(C)(O)c1ccc(Br)nc1.C[Si](C)(C)N=[N+]=[N-]. The third kappa shape index (κ3) is 13.2. The summed E-state index contributed by atoms with van der Waals surface area (Å²) in [6, 6.07) is 7.36. The molecule has 0 aliphatic heterocycles. The molecule has 0 spiro atoms. The van der Waals surface area contributed by atoms with E-state index < -0.39 is 19.4 Å². The van der Waals surface area contributed by atoms with Gasteiger partial charge in [-0.2, -0.15) is 0 Å². The molecule has 0 aliphatic rings. The summed E-state index contributed by atoms with van der Waals surface area (Å²) >= 11 is 6.46. The molecule has 0 amide bonds. The van der Waals surface area contributed by atoms with Crippen molar-refractivity contribution in [3.8, 4) is 0 Å². The van der Waals surface area contributed by atoms with Crippen LogP contribution < -0.4 is 0 Å². The normalized spacial score (nSPS) is 10.9. The van der Waals surface area contributed by atoms with Crippen molar-refractivity contribution in [2.45, 2.75) is 58.5 Å². The Morgan fingerprint density at radius 1 is 0.871 bits per heavy atom. The fourth-order valence-corrected chi connectivity index (χ4v) is 2.52. The van der Waals surface area contributed by atoms with E-state index in [1.807, 2.05) is 57.8 Å². The summed E-state index contributed by atoms with van der Waals surface area (Å²) in [7, 11) is -1.45. The van der Waals surface area contributed by atoms with Gasteiger partial charge in [0.25, 0.3) is 0 Å². The Kier molecular flexibility index (Phi) is 12.0. The average Bonchev–Trinajstić information content (AvgIpc) is 2.62. The zero-order valence-electron chi connectivity index (χ0n) is 18.7. The number of azide groups is 2. The molecule has 0 atom stereocenters. The van der Waals surface area contributed by atoms with Crippen LogP contribution in [0.25, 0.3) is 20.9 Å². The second kappa shape index (κ2) is 12.8. The van der Waals surface area contributed by atoms with Crippen LogP contribution >= 0.6 is 31.9 Å². The fraction of sp³-hybridized carbons (Fsp3) is 0.474. The molecule has 168 valence electrons. The number of hydrogen-bond donors (Lipinski definition) is 1. The van der Waals surface area contributed by atoms with Gasteiger partial charge in [-0.25, -0.2) is 9.97 Å². The molecule has 1 N–H and O–H groups in total. The summed E-state index contributed by atoms with van der Waals surface area (Å²) in [6.07, 6.45) is 3.35. The first-order chi connectivity index (χ1) is 14.1. The summed E-state index contributed by atoms with van der Waals surface area (Å²) in [6.45, 7) is 13.1. The summed E-state index contributed by atoms with van der Waals surface area (Å²) in [5, 5.41) is 13.2. The number of pyridine rings is 2. The third-order valence-electron chi connectivity index (χ3n) is 3.51. The molecule has 2 aromatic heterocycles. The number of aromatic nitrogens is 2. The molecule has 0 saturated heterocycles. The summed E-state index contributed by atoms with van der Waals surface area (Å²) in [5.74, 6) is 0. The van der Waals surface area contributed by atoms with Gasteiger partial charge in [-0.15, -0.1) is 4.78 Å². The standard InChI is InChI=1S/C8H9BrN4.C8H10BrNO.C3H9N3Si/c1-8(2,12-13-10)6-3-4-7(9)11-5-6;1-8(2,11)6-3-4-7(9)10-5-6;1-7(2,3)6-5-4/h3-5H,1-2H3;3-5,11H,1-2H3;1-3H3. The van der Waals surface area contributed by atoms with Crippen LogP contribution in [0.3, 0.4) is 0 Å². The second-order valence-electron chi connectivity index (χ2n) is 8.41. The predicted octanol–water partition coefficient (Wildman–Crippen LogP) is 7.59. The van der Waals surface area contributed by atoms with E-state index in [4.69, 9.17) is 11.1 Å². The average molecular weight is 572 g/mol. The lowest BCUT2D eigenvalue weighted by atomic mass is 9.98. The minimum absolute atomic E-state index is 0.539. The number of rotatable bonds is 4. The molecule has 0 aliphatic carbocycles. The predicted molar refractivity (Wildman–Crippen MR) is 134 cm³/mol. The molecule has 0 aromatic carbocycles. The monoisotopic (exact) mass is 570 g/mol. The largest absolute Gasteiger partial charge is 0.386 e. The van der Waals surface area contributed by atoms with E-state index in [0.29, 0.717) is 0 Å². The molecule has 0 unspecified atom stereocenters. The van der Waals surface area contributed by atoms with E-state index in [-0.39, 0.29) is 0 Å². The molecule has 12 heteroatoms. The first-order valence-corrected chi connectivity index (χ1v) is 14.2. The van der Waals surface area contributed by atoms with Crippen molar-refractivity contribution < 1.29 is 5.11 Å². The van der Waals surface area contributed by atoms with Crippen LogP contribution in [0.4, 0.5) is 0 Å². The summed E-state index contributed by atoms with van der Waals surface area (Å²) in [5.41, 5.74) is 16.6. The molecule has 0 radical (unpaired) electrons. The van der Waals surface area contributed by atoms with Crippen molar-refractivity contribution >= 4 is 40.1 Å². The highest BCUT2D eigenvalue weighted by Gasteiger charge is 2.18. The lowest BCUT2D eigenvalue weighted by molar-refractivity contribution is 0.0782. The van der Waals surface area contributed by atoms with E-state index in [1.165, 1.54) is 0 Å². The van der Waals surface area contributed by atoms with E-state index in [9.17, 15) is 5.11 Å². The number of halogens is 2. The topological polar surface area (TPSA) is 144 Å². The highest BCUT2D eigenvalue weighted by molar-refractivity contribution is 9.10. The second-order valence-corrected chi connectivity index (χ2v) is 14.6. The van der Waals surface area contributed by atoms with Crippen LogP contribution in [0.2, 0.25) is 19.6 Å². The maximum atomic E-state index is 9.52. The summed E-state index contributed by atoms with van der Waals surface area (Å²) < 4.78 is 5.13. The van der Waals surface area contributed by atoms with E-state index in [0.717, 1.165) is 20.3 Å². The van der Waals surface area contributed by atoms with E-state index >= 15 is 0 Å². The Morgan fingerprint density at radius 2 is 1.32 bits per heavy atom. The Morgan fingerprint density at radius 3 is 1.58 bits per heavy atom. The van der Waals surface area contributed by atoms with Gasteiger partial charge in [0.2, 0.25) is 0 Å². The Balaban J connectivity index is 0.000000457. The van der Waals surface area contributed by atoms with Crippen LogP contribution in [0, 0.1) is 0 Å². The maximum Gasteiger partial charge on any atom is 0.146 e. The Hall–Kier alpha value is -1.94. The minimum atomic E-state index is -1.45. The molecule has 2 heterocycles. The Labute approximate surface area is 200 Å². The van der Waals surface area contributed by atoms with E-state index in [2.05, 4.69) is 61.5 Å². The minimum Gasteiger partial charge on any atom is -0.386 e. The first-order valence-electron chi connectivity index (χ1n) is 9.21. The van der Waals surface area contributed by atoms with Crippen LogP contribution in [-0.4, -0.2) is 23.3 Å². The van der Waals surface area contributed by atoms with Gasteiger partial charge in [0.15, 0.2) is 0 Å². The molecule has 31 heavy (non-hydrogen) atoms. The van der Waals surface area contributed by atoms with Crippen molar-refractivity contribution in [2.24, 2.45) is 9.89 Å². The van der Waals surface area contributed by atoms with Gasteiger partial charge >= 0.3 is 0 Å². The lowest BCUT2D eigenvalue weighted by Crippen LogP contribution is -2.15. The number of nitrogens with zero attached hydrogens (tertiary/aromatic N) is 8. The molecule has 0 fully saturated rings.